The van der Waals surface area contributed by atoms with Crippen LogP contribution in [-0.4, -0.2) is 77.6 Å². The van der Waals surface area contributed by atoms with E-state index in [0.29, 0.717) is 0 Å². The summed E-state index contributed by atoms with van der Waals surface area (Å²) in [5, 5.41) is 24.6. The fraction of sp³-hybridized carbons (Fsp3) is 0.600. The zero-order valence-electron chi connectivity index (χ0n) is 15.7. The predicted octanol–water partition coefficient (Wildman–Crippen LogP) is -3.97. The van der Waals surface area contributed by atoms with Gasteiger partial charge in [-0.25, -0.2) is 4.79 Å². The smallest absolute Gasteiger partial charge is 0.326 e. The summed E-state index contributed by atoms with van der Waals surface area (Å²) in [6.07, 6.45) is -0.468. The summed E-state index contributed by atoms with van der Waals surface area (Å²) in [5.41, 5.74) is 15.5. The van der Waals surface area contributed by atoms with Crippen molar-refractivity contribution in [1.82, 2.24) is 16.0 Å². The van der Waals surface area contributed by atoms with E-state index in [9.17, 15) is 24.0 Å². The number of carboxylic acids is 2. The molecule has 3 amide bonds. The van der Waals surface area contributed by atoms with Crippen LogP contribution in [0.2, 0.25) is 0 Å². The van der Waals surface area contributed by atoms with Gasteiger partial charge < -0.3 is 43.4 Å². The molecule has 0 saturated carbocycles. The number of aliphatic imine (C=N–C) groups is 1. The van der Waals surface area contributed by atoms with Gasteiger partial charge in [-0.05, 0) is 19.3 Å². The maximum atomic E-state index is 12.4. The topological polar surface area (TPSA) is 252 Å². The Morgan fingerprint density at radius 1 is 0.931 bits per heavy atom. The summed E-state index contributed by atoms with van der Waals surface area (Å²) in [6, 6.07) is -2.61. The molecule has 2 unspecified atom stereocenters. The van der Waals surface area contributed by atoms with Crippen LogP contribution in [0.15, 0.2) is 4.99 Å². The number of carboxylic acid groups (broad SMARTS) is 2. The maximum absolute atomic E-state index is 12.4. The van der Waals surface area contributed by atoms with Crippen LogP contribution in [-0.2, 0) is 24.0 Å². The second kappa shape index (κ2) is 13.7. The summed E-state index contributed by atoms with van der Waals surface area (Å²) in [5.74, 6) is -4.89. The van der Waals surface area contributed by atoms with Gasteiger partial charge in [0.2, 0.25) is 17.7 Å². The molecule has 2 atom stereocenters. The second-order valence-electron chi connectivity index (χ2n) is 5.88. The van der Waals surface area contributed by atoms with E-state index in [2.05, 4.69) is 20.9 Å². The number of hydrogen-bond acceptors (Lipinski definition) is 7. The third-order valence-electron chi connectivity index (χ3n) is 3.49. The van der Waals surface area contributed by atoms with Crippen molar-refractivity contribution in [2.75, 3.05) is 19.6 Å². The molecule has 0 aromatic heterocycles. The van der Waals surface area contributed by atoms with Crippen molar-refractivity contribution >= 4 is 35.6 Å². The molecule has 0 aliphatic heterocycles. The first-order valence-corrected chi connectivity index (χ1v) is 8.63. The fourth-order valence-electron chi connectivity index (χ4n) is 2.07. The SMILES string of the molecule is NCC(=O)NCC(=O)NC(CCCN=C(N)N)C(=O)NC(CCC(=O)O)C(=O)O. The first-order chi connectivity index (χ1) is 13.6. The molecule has 0 fully saturated rings. The Morgan fingerprint density at radius 2 is 1.59 bits per heavy atom. The van der Waals surface area contributed by atoms with E-state index in [1.165, 1.54) is 0 Å². The van der Waals surface area contributed by atoms with Crippen LogP contribution in [0.3, 0.4) is 0 Å². The minimum atomic E-state index is -1.45. The number of carbonyl (C=O) groups is 5. The van der Waals surface area contributed by atoms with Gasteiger partial charge >= 0.3 is 11.9 Å². The van der Waals surface area contributed by atoms with Gasteiger partial charge in [-0.1, -0.05) is 0 Å². The van der Waals surface area contributed by atoms with Crippen molar-refractivity contribution in [2.24, 2.45) is 22.2 Å². The molecule has 14 nitrogen and oxygen atoms in total. The number of carbonyl (C=O) groups excluding carboxylic acids is 3. The molecule has 0 spiro atoms. The van der Waals surface area contributed by atoms with Gasteiger partial charge in [0, 0.05) is 13.0 Å². The molecule has 0 rings (SSSR count). The van der Waals surface area contributed by atoms with Gasteiger partial charge in [0.15, 0.2) is 5.96 Å². The Hall–Kier alpha value is -3.42. The van der Waals surface area contributed by atoms with E-state index in [1.807, 2.05) is 0 Å². The second-order valence-corrected chi connectivity index (χ2v) is 5.88. The lowest BCUT2D eigenvalue weighted by atomic mass is 10.1. The van der Waals surface area contributed by atoms with E-state index in [1.54, 1.807) is 0 Å². The van der Waals surface area contributed by atoms with Crippen LogP contribution in [0.25, 0.3) is 0 Å². The average molecular weight is 417 g/mol. The standard InChI is InChI=1S/C15H27N7O7/c16-6-10(23)20-7-11(24)21-8(2-1-5-19-15(17)18)13(27)22-9(14(28)29)3-4-12(25)26/h8-9H,1-7,16H2,(H,20,23)(H,21,24)(H,22,27)(H,25,26)(H,28,29)(H4,17,18,19). The number of hydrogen-bond donors (Lipinski definition) is 8. The molecule has 164 valence electrons. The largest absolute Gasteiger partial charge is 0.481 e. The first kappa shape index (κ1) is 25.6. The molecule has 11 N–H and O–H groups in total. The Kier molecular flexibility index (Phi) is 12.1. The third kappa shape index (κ3) is 12.6. The van der Waals surface area contributed by atoms with Crippen LogP contribution in [0.1, 0.15) is 25.7 Å². The highest BCUT2D eigenvalue weighted by atomic mass is 16.4. The van der Waals surface area contributed by atoms with Gasteiger partial charge in [-0.2, -0.15) is 0 Å². The van der Waals surface area contributed by atoms with Crippen LogP contribution in [0.5, 0.6) is 0 Å². The fourth-order valence-corrected chi connectivity index (χ4v) is 2.07. The Bertz CT molecular complexity index is 635. The quantitative estimate of drug-likeness (QED) is 0.0772. The van der Waals surface area contributed by atoms with E-state index in [4.69, 9.17) is 27.4 Å². The van der Waals surface area contributed by atoms with Gasteiger partial charge in [0.05, 0.1) is 13.1 Å². The van der Waals surface area contributed by atoms with Gasteiger partial charge in [0.1, 0.15) is 12.1 Å². The average Bonchev–Trinajstić information content (AvgIpc) is 2.64. The van der Waals surface area contributed by atoms with Crippen LogP contribution in [0.4, 0.5) is 0 Å². The van der Waals surface area contributed by atoms with E-state index in [0.717, 1.165) is 0 Å². The summed E-state index contributed by atoms with van der Waals surface area (Å²) in [6.45, 7) is -0.595. The van der Waals surface area contributed by atoms with Crippen molar-refractivity contribution in [3.05, 3.63) is 0 Å². The highest BCUT2D eigenvalue weighted by molar-refractivity contribution is 5.92. The number of nitrogens with zero attached hydrogens (tertiary/aromatic N) is 1. The highest BCUT2D eigenvalue weighted by Gasteiger charge is 2.26. The maximum Gasteiger partial charge on any atom is 0.326 e. The van der Waals surface area contributed by atoms with E-state index < -0.39 is 54.7 Å². The molecular formula is C15H27N7O7. The van der Waals surface area contributed by atoms with Crippen LogP contribution < -0.4 is 33.2 Å². The number of rotatable bonds is 14. The Balaban J connectivity index is 5.02. The van der Waals surface area contributed by atoms with Crippen molar-refractivity contribution in [3.8, 4) is 0 Å². The minimum absolute atomic E-state index is 0.0600. The lowest BCUT2D eigenvalue weighted by molar-refractivity contribution is -0.143. The molecule has 0 aliphatic carbocycles. The molecular weight excluding hydrogens is 390 g/mol. The van der Waals surface area contributed by atoms with E-state index in [-0.39, 0.29) is 38.3 Å². The molecule has 0 aliphatic rings. The minimum Gasteiger partial charge on any atom is -0.481 e. The summed E-state index contributed by atoms with van der Waals surface area (Å²) >= 11 is 0. The van der Waals surface area contributed by atoms with Gasteiger partial charge in [0.25, 0.3) is 0 Å². The predicted molar refractivity (Wildman–Crippen MR) is 100 cm³/mol. The Morgan fingerprint density at radius 3 is 2.10 bits per heavy atom. The summed E-state index contributed by atoms with van der Waals surface area (Å²) < 4.78 is 0. The number of nitrogens with one attached hydrogen (secondary N) is 3. The third-order valence-corrected chi connectivity index (χ3v) is 3.49. The molecule has 0 bridgehead atoms. The van der Waals surface area contributed by atoms with E-state index >= 15 is 0 Å². The monoisotopic (exact) mass is 417 g/mol. The van der Waals surface area contributed by atoms with Crippen LogP contribution in [0, 0.1) is 0 Å². The molecule has 0 radical (unpaired) electrons. The van der Waals surface area contributed by atoms with Gasteiger partial charge in [-0.15, -0.1) is 0 Å². The lowest BCUT2D eigenvalue weighted by Gasteiger charge is -2.21. The van der Waals surface area contributed by atoms with Crippen molar-refractivity contribution in [3.63, 3.8) is 0 Å². The number of aliphatic carboxylic acids is 2. The zero-order valence-corrected chi connectivity index (χ0v) is 15.7. The Labute approximate surface area is 166 Å². The zero-order chi connectivity index (χ0) is 22.4. The van der Waals surface area contributed by atoms with Crippen molar-refractivity contribution in [1.29, 1.82) is 0 Å². The summed E-state index contributed by atoms with van der Waals surface area (Å²) in [4.78, 5) is 61.1. The van der Waals surface area contributed by atoms with Crippen LogP contribution >= 0.6 is 0 Å². The molecule has 0 aromatic carbocycles. The normalized spacial score (nSPS) is 12.2. The number of nitrogens with two attached hydrogens (primary N) is 3. The lowest BCUT2D eigenvalue weighted by Crippen LogP contribution is -2.53. The molecule has 0 saturated heterocycles. The highest BCUT2D eigenvalue weighted by Crippen LogP contribution is 2.03. The molecule has 29 heavy (non-hydrogen) atoms. The molecule has 14 heteroatoms. The molecule has 0 heterocycles. The van der Waals surface area contributed by atoms with Crippen molar-refractivity contribution < 1.29 is 34.2 Å². The summed E-state index contributed by atoms with van der Waals surface area (Å²) in [7, 11) is 0. The first-order valence-electron chi connectivity index (χ1n) is 8.63. The number of guanidine groups is 1. The van der Waals surface area contributed by atoms with Crippen molar-refractivity contribution in [2.45, 2.75) is 37.8 Å². The molecule has 0 aromatic rings. The number of amides is 3. The van der Waals surface area contributed by atoms with Gasteiger partial charge in [-0.3, -0.25) is 24.2 Å².